The molecule has 0 saturated carbocycles. The Hall–Kier alpha value is -3.83. The minimum Gasteiger partial charge on any atom is -0.871 e. The molecule has 2 aromatic heterocycles. The first-order valence-electron chi connectivity index (χ1n) is 9.52. The Balaban J connectivity index is 0.000000220. The van der Waals surface area contributed by atoms with Crippen molar-refractivity contribution in [1.82, 2.24) is 9.97 Å². The van der Waals surface area contributed by atoms with Crippen LogP contribution in [0, 0.1) is 6.92 Å². The smallest absolute Gasteiger partial charge is 0.871 e. The van der Waals surface area contributed by atoms with Gasteiger partial charge in [0.2, 0.25) is 0 Å². The predicted octanol–water partition coefficient (Wildman–Crippen LogP) is 5.34. The first kappa shape index (κ1) is 24.4. The van der Waals surface area contributed by atoms with E-state index in [1.807, 2.05) is 31.2 Å². The number of pyridine rings is 2. The summed E-state index contributed by atoms with van der Waals surface area (Å²) in [5.41, 5.74) is 4.49. The van der Waals surface area contributed by atoms with E-state index in [1.54, 1.807) is 54.9 Å². The molecule has 0 N–H and O–H groups in total. The Morgan fingerprint density at radius 2 is 1.25 bits per heavy atom. The number of aryl methyl sites for hydroxylation is 1. The van der Waals surface area contributed by atoms with Gasteiger partial charge in [0.15, 0.2) is 0 Å². The summed E-state index contributed by atoms with van der Waals surface area (Å²) in [4.78, 5) is 8.58. The van der Waals surface area contributed by atoms with Gasteiger partial charge in [-0.1, -0.05) is 60.6 Å². The van der Waals surface area contributed by atoms with E-state index in [4.69, 9.17) is 0 Å². The van der Waals surface area contributed by atoms with Crippen LogP contribution in [-0.4, -0.2) is 9.97 Å². The molecule has 0 aliphatic carbocycles. The summed E-state index contributed by atoms with van der Waals surface area (Å²) in [6.45, 7) is 5.78. The minimum absolute atomic E-state index is 0. The number of benzene rings is 2. The van der Waals surface area contributed by atoms with E-state index in [-0.39, 0.29) is 39.4 Å². The Kier molecular flexibility index (Phi) is 9.27. The molecule has 4 aromatic rings. The normalized spacial score (nSPS) is 10.0. The van der Waals surface area contributed by atoms with Gasteiger partial charge in [0.05, 0.1) is 22.8 Å². The van der Waals surface area contributed by atoms with Gasteiger partial charge >= 0.3 is 16.5 Å². The summed E-state index contributed by atoms with van der Waals surface area (Å²) >= 11 is 0. The zero-order chi connectivity index (χ0) is 22.1. The van der Waals surface area contributed by atoms with E-state index >= 15 is 0 Å². The number of hydrogen-bond acceptors (Lipinski definition) is 6. The van der Waals surface area contributed by atoms with Crippen molar-refractivity contribution in [2.75, 3.05) is 0 Å². The van der Waals surface area contributed by atoms with Crippen LogP contribution < -0.4 is 10.2 Å². The molecular formula is C25H20N4NiO2. The third-order valence-electron chi connectivity index (χ3n) is 4.19. The molecule has 32 heavy (non-hydrogen) atoms. The molecule has 0 fully saturated rings. The molecule has 0 atom stereocenters. The fourth-order valence-electron chi connectivity index (χ4n) is 2.58. The van der Waals surface area contributed by atoms with Crippen molar-refractivity contribution in [3.63, 3.8) is 0 Å². The van der Waals surface area contributed by atoms with E-state index in [0.717, 1.165) is 17.0 Å². The summed E-state index contributed by atoms with van der Waals surface area (Å²) in [6, 6.07) is 20.5. The summed E-state index contributed by atoms with van der Waals surface area (Å²) in [7, 11) is 0. The number of azo groups is 1. The molecule has 6 nitrogen and oxygen atoms in total. The Bertz CT molecular complexity index is 1160. The number of nitrogens with zero attached hydrogens (tertiary/aromatic N) is 4. The maximum atomic E-state index is 11.3. The Labute approximate surface area is 197 Å². The molecule has 0 bridgehead atoms. The van der Waals surface area contributed by atoms with Crippen LogP contribution in [0.2, 0.25) is 0 Å². The number of hydrogen-bond donors (Lipinski definition) is 0. The molecule has 0 radical (unpaired) electrons. The maximum absolute atomic E-state index is 11.3. The van der Waals surface area contributed by atoms with E-state index in [0.29, 0.717) is 0 Å². The second-order valence-corrected chi connectivity index (χ2v) is 6.53. The number of rotatable bonds is 4. The van der Waals surface area contributed by atoms with Crippen LogP contribution in [0.25, 0.3) is 17.5 Å². The summed E-state index contributed by atoms with van der Waals surface area (Å²) in [5, 5.41) is 30.1. The van der Waals surface area contributed by atoms with Crippen molar-refractivity contribution in [1.29, 1.82) is 0 Å². The molecule has 7 heteroatoms. The van der Waals surface area contributed by atoms with Gasteiger partial charge in [-0.15, -0.1) is 0 Å². The number of para-hydroxylation sites is 2. The first-order chi connectivity index (χ1) is 15.1. The van der Waals surface area contributed by atoms with Crippen molar-refractivity contribution in [3.05, 3.63) is 103 Å². The molecule has 0 saturated heterocycles. The van der Waals surface area contributed by atoms with E-state index in [2.05, 4.69) is 26.8 Å². The van der Waals surface area contributed by atoms with Crippen LogP contribution in [-0.2, 0) is 16.5 Å². The van der Waals surface area contributed by atoms with Crippen LogP contribution >= 0.6 is 0 Å². The fraction of sp³-hybridized carbons (Fsp3) is 0.0400. The first-order valence-corrected chi connectivity index (χ1v) is 9.52. The molecule has 162 valence electrons. The van der Waals surface area contributed by atoms with Crippen molar-refractivity contribution in [2.24, 2.45) is 10.2 Å². The van der Waals surface area contributed by atoms with Crippen LogP contribution in [0.5, 0.6) is 11.5 Å². The maximum Gasteiger partial charge on any atom is 2.00 e. The monoisotopic (exact) mass is 466 g/mol. The molecule has 2 aromatic carbocycles. The number of aromatic nitrogens is 2. The van der Waals surface area contributed by atoms with Crippen molar-refractivity contribution in [3.8, 4) is 22.9 Å². The van der Waals surface area contributed by atoms with Crippen molar-refractivity contribution < 1.29 is 26.7 Å². The van der Waals surface area contributed by atoms with Gasteiger partial charge in [0.25, 0.3) is 0 Å². The Morgan fingerprint density at radius 1 is 0.750 bits per heavy atom. The second-order valence-electron chi connectivity index (χ2n) is 6.53. The van der Waals surface area contributed by atoms with Gasteiger partial charge in [-0.05, 0) is 54.4 Å². The zero-order valence-corrected chi connectivity index (χ0v) is 18.3. The standard InChI is InChI=1S/C13H12N2.C12H10N2O2.Ni/c1-3-11-5-7-15-13(9-11)12-8-10(2)4-6-14-12;15-11-7-3-1-5-9(11)13-14-10-6-2-4-8-12(10)16;/h3-9H,1H2,2H3;1-8,15-16H;/q;;+2/p-2. The van der Waals surface area contributed by atoms with E-state index in [1.165, 1.54) is 17.7 Å². The molecule has 0 aliphatic rings. The quantitative estimate of drug-likeness (QED) is 0.299. The van der Waals surface area contributed by atoms with Crippen LogP contribution in [0.1, 0.15) is 11.1 Å². The van der Waals surface area contributed by atoms with Gasteiger partial charge in [0.1, 0.15) is 0 Å². The van der Waals surface area contributed by atoms with E-state index < -0.39 is 0 Å². The average molecular weight is 467 g/mol. The SMILES string of the molecule is C=Cc1ccnc(-c2cc(C)ccn2)c1.[Ni+2].[O-]c1ccccc1N=Nc1ccccc1[O-]. The second kappa shape index (κ2) is 12.1. The van der Waals surface area contributed by atoms with Crippen LogP contribution in [0.15, 0.2) is 102 Å². The third-order valence-corrected chi connectivity index (χ3v) is 4.19. The van der Waals surface area contributed by atoms with E-state index in [9.17, 15) is 10.2 Å². The fourth-order valence-corrected chi connectivity index (χ4v) is 2.58. The molecule has 0 amide bonds. The molecule has 0 aliphatic heterocycles. The molecule has 0 unspecified atom stereocenters. The van der Waals surface area contributed by atoms with Gasteiger partial charge in [-0.3, -0.25) is 9.97 Å². The molecular weight excluding hydrogens is 447 g/mol. The van der Waals surface area contributed by atoms with Crippen molar-refractivity contribution in [2.45, 2.75) is 6.92 Å². The largest absolute Gasteiger partial charge is 2.00 e. The average Bonchev–Trinajstić information content (AvgIpc) is 2.80. The van der Waals surface area contributed by atoms with Crippen LogP contribution in [0.4, 0.5) is 11.4 Å². The van der Waals surface area contributed by atoms with Gasteiger partial charge in [0, 0.05) is 12.4 Å². The van der Waals surface area contributed by atoms with Gasteiger partial charge in [-0.25, -0.2) is 0 Å². The molecule has 2 heterocycles. The predicted molar refractivity (Wildman–Crippen MR) is 118 cm³/mol. The van der Waals surface area contributed by atoms with Gasteiger partial charge < -0.3 is 10.2 Å². The summed E-state index contributed by atoms with van der Waals surface area (Å²) in [6.07, 6.45) is 5.38. The topological polar surface area (TPSA) is 96.6 Å². The zero-order valence-electron chi connectivity index (χ0n) is 17.3. The van der Waals surface area contributed by atoms with Crippen LogP contribution in [0.3, 0.4) is 0 Å². The summed E-state index contributed by atoms with van der Waals surface area (Å²) in [5.74, 6) is -0.427. The third kappa shape index (κ3) is 6.86. The Morgan fingerprint density at radius 3 is 1.75 bits per heavy atom. The molecule has 0 spiro atoms. The van der Waals surface area contributed by atoms with Gasteiger partial charge in [-0.2, -0.15) is 10.2 Å². The molecule has 4 rings (SSSR count). The minimum atomic E-state index is -0.213. The summed E-state index contributed by atoms with van der Waals surface area (Å²) < 4.78 is 0. The van der Waals surface area contributed by atoms with Crippen molar-refractivity contribution >= 4 is 17.5 Å².